The minimum absolute atomic E-state index is 0.0664. The molecule has 3 heteroatoms. The van der Waals surface area contributed by atoms with Gasteiger partial charge in [-0.3, -0.25) is 0 Å². The van der Waals surface area contributed by atoms with E-state index in [1.807, 2.05) is 0 Å². The van der Waals surface area contributed by atoms with Gasteiger partial charge in [0.2, 0.25) is 0 Å². The summed E-state index contributed by atoms with van der Waals surface area (Å²) < 4.78 is 0. The molecule has 100 valence electrons. The summed E-state index contributed by atoms with van der Waals surface area (Å²) in [6.45, 7) is 6.79. The molecule has 2 fully saturated rings. The fourth-order valence-corrected chi connectivity index (χ4v) is 5.35. The number of fused-ring (bicyclic) bond motifs is 1. The zero-order valence-corrected chi connectivity index (χ0v) is 11.4. The summed E-state index contributed by atoms with van der Waals surface area (Å²) >= 11 is 0. The SMILES string of the molecule is C[C@@H]1CC[C@@H]2CC3=C(C(=O)O)[C@@H](O)C[C@@]31C2(C)C. The Morgan fingerprint density at radius 3 is 2.61 bits per heavy atom. The zero-order valence-electron chi connectivity index (χ0n) is 11.4. The largest absolute Gasteiger partial charge is 0.478 e. The maximum absolute atomic E-state index is 11.4. The van der Waals surface area contributed by atoms with E-state index in [1.165, 1.54) is 6.42 Å². The highest BCUT2D eigenvalue weighted by Gasteiger charge is 2.66. The third-order valence-corrected chi connectivity index (χ3v) is 6.35. The van der Waals surface area contributed by atoms with E-state index < -0.39 is 12.1 Å². The molecular weight excluding hydrogens is 228 g/mol. The highest BCUT2D eigenvalue weighted by molar-refractivity contribution is 5.90. The minimum atomic E-state index is -0.912. The number of hydrogen-bond donors (Lipinski definition) is 2. The molecule has 3 aliphatic rings. The molecule has 4 atom stereocenters. The Kier molecular flexibility index (Phi) is 2.30. The molecule has 0 amide bonds. The number of aliphatic hydroxyl groups excluding tert-OH is 1. The maximum atomic E-state index is 11.4. The third kappa shape index (κ3) is 1.12. The molecule has 2 bridgehead atoms. The predicted molar refractivity (Wildman–Crippen MR) is 68.0 cm³/mol. The van der Waals surface area contributed by atoms with Gasteiger partial charge in [-0.25, -0.2) is 4.79 Å². The first kappa shape index (κ1) is 12.2. The summed E-state index contributed by atoms with van der Waals surface area (Å²) in [5.41, 5.74) is 1.45. The van der Waals surface area contributed by atoms with E-state index in [0.29, 0.717) is 23.8 Å². The third-order valence-electron chi connectivity index (χ3n) is 6.35. The number of allylic oxidation sites excluding steroid dienone is 1. The molecule has 3 aliphatic carbocycles. The standard InChI is InChI=1S/C15H22O3/c1-8-4-5-9-6-10-12(13(17)18)11(16)7-15(8,10)14(9,2)3/h8-9,11,16H,4-7H2,1-3H3,(H,17,18)/t8-,9-,11+,15+/m1/s1. The molecule has 0 aromatic carbocycles. The Hall–Kier alpha value is -0.830. The van der Waals surface area contributed by atoms with Crippen molar-refractivity contribution in [3.05, 3.63) is 11.1 Å². The summed E-state index contributed by atoms with van der Waals surface area (Å²) in [5.74, 6) is 0.156. The van der Waals surface area contributed by atoms with Gasteiger partial charge in [0, 0.05) is 5.41 Å². The van der Waals surface area contributed by atoms with Gasteiger partial charge in [0.25, 0.3) is 0 Å². The summed E-state index contributed by atoms with van der Waals surface area (Å²) in [5, 5.41) is 19.6. The second-order valence-corrected chi connectivity index (χ2v) is 6.99. The van der Waals surface area contributed by atoms with E-state index >= 15 is 0 Å². The number of carboxylic acids is 1. The lowest BCUT2D eigenvalue weighted by molar-refractivity contribution is -0.133. The van der Waals surface area contributed by atoms with Gasteiger partial charge in [-0.05, 0) is 48.5 Å². The van der Waals surface area contributed by atoms with E-state index in [2.05, 4.69) is 20.8 Å². The first-order valence-electron chi connectivity index (χ1n) is 6.97. The van der Waals surface area contributed by atoms with E-state index in [4.69, 9.17) is 0 Å². The lowest BCUT2D eigenvalue weighted by Gasteiger charge is -2.51. The molecule has 0 unspecified atom stereocenters. The number of aliphatic hydroxyl groups is 1. The molecule has 2 saturated carbocycles. The molecule has 3 nitrogen and oxygen atoms in total. The second-order valence-electron chi connectivity index (χ2n) is 6.99. The normalized spacial score (nSPS) is 45.2. The molecule has 1 spiro atoms. The van der Waals surface area contributed by atoms with Crippen molar-refractivity contribution in [3.8, 4) is 0 Å². The zero-order chi connectivity index (χ0) is 13.3. The van der Waals surface area contributed by atoms with Crippen LogP contribution in [-0.4, -0.2) is 22.3 Å². The molecule has 0 aromatic heterocycles. The number of rotatable bonds is 1. The van der Waals surface area contributed by atoms with Gasteiger partial charge in [-0.15, -0.1) is 0 Å². The molecule has 3 rings (SSSR count). The van der Waals surface area contributed by atoms with Crippen LogP contribution in [-0.2, 0) is 4.79 Å². The minimum Gasteiger partial charge on any atom is -0.478 e. The quantitative estimate of drug-likeness (QED) is 0.752. The molecule has 0 aliphatic heterocycles. The van der Waals surface area contributed by atoms with Crippen LogP contribution in [0.4, 0.5) is 0 Å². The van der Waals surface area contributed by atoms with Crippen LogP contribution in [0.3, 0.4) is 0 Å². The van der Waals surface area contributed by atoms with Crippen LogP contribution in [0.25, 0.3) is 0 Å². The van der Waals surface area contributed by atoms with Crippen molar-refractivity contribution in [1.29, 1.82) is 0 Å². The Bertz CT molecular complexity index is 449. The maximum Gasteiger partial charge on any atom is 0.334 e. The molecule has 0 radical (unpaired) electrons. The molecule has 0 aromatic rings. The van der Waals surface area contributed by atoms with Crippen molar-refractivity contribution in [2.24, 2.45) is 22.7 Å². The molecule has 2 N–H and O–H groups in total. The van der Waals surface area contributed by atoms with E-state index in [1.54, 1.807) is 0 Å². The van der Waals surface area contributed by atoms with Crippen molar-refractivity contribution in [3.63, 3.8) is 0 Å². The van der Waals surface area contributed by atoms with Gasteiger partial charge in [0.05, 0.1) is 11.7 Å². The van der Waals surface area contributed by atoms with E-state index in [0.717, 1.165) is 18.4 Å². The Morgan fingerprint density at radius 1 is 1.33 bits per heavy atom. The first-order valence-corrected chi connectivity index (χ1v) is 6.97. The summed E-state index contributed by atoms with van der Waals surface area (Å²) in [6, 6.07) is 0. The van der Waals surface area contributed by atoms with E-state index in [-0.39, 0.29) is 10.8 Å². The van der Waals surface area contributed by atoms with Gasteiger partial charge in [0.1, 0.15) is 0 Å². The lowest BCUT2D eigenvalue weighted by atomic mass is 9.53. The molecule has 0 saturated heterocycles. The fraction of sp³-hybridized carbons (Fsp3) is 0.800. The molecule has 0 heterocycles. The van der Waals surface area contributed by atoms with E-state index in [9.17, 15) is 15.0 Å². The molecule has 18 heavy (non-hydrogen) atoms. The second kappa shape index (κ2) is 3.38. The highest BCUT2D eigenvalue weighted by Crippen LogP contribution is 2.72. The monoisotopic (exact) mass is 250 g/mol. The number of carboxylic acid groups (broad SMARTS) is 1. The predicted octanol–water partition coefficient (Wildman–Crippen LogP) is 2.59. The average molecular weight is 250 g/mol. The van der Waals surface area contributed by atoms with Gasteiger partial charge >= 0.3 is 5.97 Å². The van der Waals surface area contributed by atoms with Crippen molar-refractivity contribution in [2.75, 3.05) is 0 Å². The van der Waals surface area contributed by atoms with Gasteiger partial charge < -0.3 is 10.2 Å². The Morgan fingerprint density at radius 2 is 2.00 bits per heavy atom. The van der Waals surface area contributed by atoms with Crippen LogP contribution >= 0.6 is 0 Å². The summed E-state index contributed by atoms with van der Waals surface area (Å²) in [6.07, 6.45) is 3.10. The van der Waals surface area contributed by atoms with Crippen LogP contribution < -0.4 is 0 Å². The van der Waals surface area contributed by atoms with Crippen LogP contribution in [0.15, 0.2) is 11.1 Å². The summed E-state index contributed by atoms with van der Waals surface area (Å²) in [4.78, 5) is 11.4. The lowest BCUT2D eigenvalue weighted by Crippen LogP contribution is -2.45. The van der Waals surface area contributed by atoms with Gasteiger partial charge in [0.15, 0.2) is 0 Å². The van der Waals surface area contributed by atoms with Crippen LogP contribution in [0, 0.1) is 22.7 Å². The topological polar surface area (TPSA) is 57.5 Å². The van der Waals surface area contributed by atoms with Gasteiger partial charge in [-0.1, -0.05) is 20.8 Å². The van der Waals surface area contributed by atoms with Gasteiger partial charge in [-0.2, -0.15) is 0 Å². The smallest absolute Gasteiger partial charge is 0.334 e. The number of aliphatic carboxylic acids is 1. The van der Waals surface area contributed by atoms with Crippen LogP contribution in [0.1, 0.15) is 46.5 Å². The Balaban J connectivity index is 2.23. The summed E-state index contributed by atoms with van der Waals surface area (Å²) in [7, 11) is 0. The average Bonchev–Trinajstić information content (AvgIpc) is 2.59. The van der Waals surface area contributed by atoms with Crippen molar-refractivity contribution < 1.29 is 15.0 Å². The Labute approximate surface area is 108 Å². The van der Waals surface area contributed by atoms with Crippen LogP contribution in [0.2, 0.25) is 0 Å². The van der Waals surface area contributed by atoms with Crippen molar-refractivity contribution >= 4 is 5.97 Å². The van der Waals surface area contributed by atoms with Crippen LogP contribution in [0.5, 0.6) is 0 Å². The number of carbonyl (C=O) groups is 1. The fourth-order valence-electron chi connectivity index (χ4n) is 5.35. The molecular formula is C15H22O3. The number of hydrogen-bond acceptors (Lipinski definition) is 2. The highest BCUT2D eigenvalue weighted by atomic mass is 16.4. The van der Waals surface area contributed by atoms with Crippen molar-refractivity contribution in [1.82, 2.24) is 0 Å². The van der Waals surface area contributed by atoms with Crippen molar-refractivity contribution in [2.45, 2.75) is 52.6 Å². The first-order chi connectivity index (χ1) is 8.32.